The van der Waals surface area contributed by atoms with Crippen molar-refractivity contribution in [2.75, 3.05) is 20.3 Å². The lowest BCUT2D eigenvalue weighted by atomic mass is 10.1. The number of hydrogen-bond donors (Lipinski definition) is 1. The molecule has 1 N–H and O–H groups in total. The maximum atomic E-state index is 13.3. The van der Waals surface area contributed by atoms with E-state index in [9.17, 15) is 14.0 Å². The average Bonchev–Trinajstić information content (AvgIpc) is 2.77. The fourth-order valence-corrected chi connectivity index (χ4v) is 2.97. The van der Waals surface area contributed by atoms with Gasteiger partial charge in [0.05, 0.1) is 7.11 Å². The summed E-state index contributed by atoms with van der Waals surface area (Å²) in [6, 6.07) is 12.1. The van der Waals surface area contributed by atoms with Gasteiger partial charge in [0.15, 0.2) is 6.61 Å². The fraction of sp³-hybridized carbons (Fsp3) is 0.391. The van der Waals surface area contributed by atoms with Gasteiger partial charge in [0, 0.05) is 13.1 Å². The third-order valence-electron chi connectivity index (χ3n) is 4.62. The molecule has 2 aromatic carbocycles. The summed E-state index contributed by atoms with van der Waals surface area (Å²) in [4.78, 5) is 27.1. The zero-order chi connectivity index (χ0) is 21.9. The SMILES string of the molecule is CCCNC(=O)C(CC)N(Cc1ccc(F)cc1)C(=O)COc1ccc(OC)cc1. The Kier molecular flexibility index (Phi) is 9.12. The first-order valence-corrected chi connectivity index (χ1v) is 10.1. The fourth-order valence-electron chi connectivity index (χ4n) is 2.97. The summed E-state index contributed by atoms with van der Waals surface area (Å²) in [7, 11) is 1.57. The lowest BCUT2D eigenvalue weighted by Crippen LogP contribution is -2.50. The molecule has 2 rings (SSSR count). The number of hydrogen-bond acceptors (Lipinski definition) is 4. The molecule has 0 heterocycles. The first-order valence-electron chi connectivity index (χ1n) is 10.1. The molecule has 0 aromatic heterocycles. The van der Waals surface area contributed by atoms with Crippen LogP contribution < -0.4 is 14.8 Å². The molecule has 0 saturated heterocycles. The van der Waals surface area contributed by atoms with E-state index in [2.05, 4.69) is 5.32 Å². The number of halogens is 1. The molecule has 0 fully saturated rings. The topological polar surface area (TPSA) is 67.9 Å². The van der Waals surface area contributed by atoms with Gasteiger partial charge in [-0.25, -0.2) is 4.39 Å². The van der Waals surface area contributed by atoms with E-state index < -0.39 is 6.04 Å². The zero-order valence-corrected chi connectivity index (χ0v) is 17.7. The van der Waals surface area contributed by atoms with Crippen molar-refractivity contribution in [3.05, 3.63) is 59.9 Å². The van der Waals surface area contributed by atoms with Crippen LogP contribution in [0.15, 0.2) is 48.5 Å². The molecule has 162 valence electrons. The van der Waals surface area contributed by atoms with Gasteiger partial charge in [-0.05, 0) is 54.8 Å². The van der Waals surface area contributed by atoms with Crippen molar-refractivity contribution in [3.8, 4) is 11.5 Å². The van der Waals surface area contributed by atoms with Gasteiger partial charge in [0.1, 0.15) is 23.4 Å². The molecule has 0 spiro atoms. The summed E-state index contributed by atoms with van der Waals surface area (Å²) < 4.78 is 24.0. The number of amides is 2. The predicted octanol–water partition coefficient (Wildman–Crippen LogP) is 3.55. The Labute approximate surface area is 177 Å². The van der Waals surface area contributed by atoms with Gasteiger partial charge in [-0.3, -0.25) is 9.59 Å². The highest BCUT2D eigenvalue weighted by Crippen LogP contribution is 2.18. The molecule has 0 aliphatic carbocycles. The van der Waals surface area contributed by atoms with Crippen molar-refractivity contribution < 1.29 is 23.5 Å². The lowest BCUT2D eigenvalue weighted by molar-refractivity contribution is -0.143. The lowest BCUT2D eigenvalue weighted by Gasteiger charge is -2.30. The molecule has 1 unspecified atom stereocenters. The average molecular weight is 416 g/mol. The summed E-state index contributed by atoms with van der Waals surface area (Å²) in [5, 5.41) is 2.85. The Hall–Kier alpha value is -3.09. The number of ether oxygens (including phenoxy) is 2. The van der Waals surface area contributed by atoms with E-state index in [0.717, 1.165) is 12.0 Å². The first-order chi connectivity index (χ1) is 14.5. The highest BCUT2D eigenvalue weighted by Gasteiger charge is 2.28. The summed E-state index contributed by atoms with van der Waals surface area (Å²) in [5.74, 6) is 0.319. The normalized spacial score (nSPS) is 11.5. The van der Waals surface area contributed by atoms with Gasteiger partial charge >= 0.3 is 0 Å². The molecule has 30 heavy (non-hydrogen) atoms. The molecule has 6 nitrogen and oxygen atoms in total. The standard InChI is InChI=1S/C23H29FN2O4/c1-4-14-25-23(28)21(5-2)26(15-17-6-8-18(24)9-7-17)22(27)16-30-20-12-10-19(29-3)11-13-20/h6-13,21H,4-5,14-16H2,1-3H3,(H,25,28). The van der Waals surface area contributed by atoms with Crippen LogP contribution in [0.2, 0.25) is 0 Å². The minimum Gasteiger partial charge on any atom is -0.497 e. The molecule has 1 atom stereocenters. The van der Waals surface area contributed by atoms with E-state index in [1.54, 1.807) is 43.5 Å². The highest BCUT2D eigenvalue weighted by atomic mass is 19.1. The molecule has 0 aliphatic rings. The smallest absolute Gasteiger partial charge is 0.261 e. The van der Waals surface area contributed by atoms with Gasteiger partial charge in [-0.1, -0.05) is 26.0 Å². The molecule has 2 amide bonds. The van der Waals surface area contributed by atoms with Crippen LogP contribution in [0.25, 0.3) is 0 Å². The van der Waals surface area contributed by atoms with Gasteiger partial charge in [-0.15, -0.1) is 0 Å². The molecular formula is C23H29FN2O4. The molecule has 0 aliphatic heterocycles. The number of nitrogens with one attached hydrogen (secondary N) is 1. The zero-order valence-electron chi connectivity index (χ0n) is 17.7. The van der Waals surface area contributed by atoms with Crippen LogP contribution >= 0.6 is 0 Å². The van der Waals surface area contributed by atoms with Crippen LogP contribution in [0.5, 0.6) is 11.5 Å². The van der Waals surface area contributed by atoms with Gasteiger partial charge in [0.25, 0.3) is 5.91 Å². The van der Waals surface area contributed by atoms with Gasteiger partial charge in [-0.2, -0.15) is 0 Å². The molecule has 0 radical (unpaired) electrons. The van der Waals surface area contributed by atoms with Crippen molar-refractivity contribution in [2.45, 2.75) is 39.3 Å². The quantitative estimate of drug-likeness (QED) is 0.608. The summed E-state index contributed by atoms with van der Waals surface area (Å²) in [5.41, 5.74) is 0.732. The van der Waals surface area contributed by atoms with Crippen molar-refractivity contribution in [2.24, 2.45) is 0 Å². The number of benzene rings is 2. The van der Waals surface area contributed by atoms with E-state index in [1.165, 1.54) is 17.0 Å². The Balaban J connectivity index is 2.15. The van der Waals surface area contributed by atoms with Gasteiger partial charge < -0.3 is 19.7 Å². The second kappa shape index (κ2) is 11.8. The molecule has 7 heteroatoms. The summed E-state index contributed by atoms with van der Waals surface area (Å²) in [6.07, 6.45) is 1.25. The second-order valence-electron chi connectivity index (χ2n) is 6.83. The highest BCUT2D eigenvalue weighted by molar-refractivity contribution is 5.88. The van der Waals surface area contributed by atoms with E-state index in [1.807, 2.05) is 13.8 Å². The van der Waals surface area contributed by atoms with E-state index >= 15 is 0 Å². The first kappa shape index (κ1) is 23.2. The van der Waals surface area contributed by atoms with Crippen LogP contribution in [-0.2, 0) is 16.1 Å². The van der Waals surface area contributed by atoms with E-state index in [4.69, 9.17) is 9.47 Å². The van der Waals surface area contributed by atoms with Crippen LogP contribution in [0.1, 0.15) is 32.3 Å². The summed E-state index contributed by atoms with van der Waals surface area (Å²) >= 11 is 0. The van der Waals surface area contributed by atoms with E-state index in [0.29, 0.717) is 24.5 Å². The van der Waals surface area contributed by atoms with Gasteiger partial charge in [0.2, 0.25) is 5.91 Å². The predicted molar refractivity (Wildman–Crippen MR) is 113 cm³/mol. The third-order valence-corrected chi connectivity index (χ3v) is 4.62. The maximum absolute atomic E-state index is 13.3. The van der Waals surface area contributed by atoms with Crippen LogP contribution in [-0.4, -0.2) is 43.0 Å². The Bertz CT molecular complexity index is 809. The third kappa shape index (κ3) is 6.76. The summed E-state index contributed by atoms with van der Waals surface area (Å²) in [6.45, 7) is 4.32. The monoisotopic (exact) mass is 416 g/mol. The molecule has 0 saturated carbocycles. The number of carbonyl (C=O) groups is 2. The van der Waals surface area contributed by atoms with E-state index in [-0.39, 0.29) is 30.8 Å². The maximum Gasteiger partial charge on any atom is 0.261 e. The Morgan fingerprint density at radius 1 is 1.03 bits per heavy atom. The number of carbonyl (C=O) groups excluding carboxylic acids is 2. The Morgan fingerprint density at radius 3 is 2.23 bits per heavy atom. The molecule has 2 aromatic rings. The van der Waals surface area contributed by atoms with Crippen molar-refractivity contribution in [3.63, 3.8) is 0 Å². The Morgan fingerprint density at radius 2 is 1.67 bits per heavy atom. The van der Waals surface area contributed by atoms with Crippen LogP contribution in [0, 0.1) is 5.82 Å². The second-order valence-corrected chi connectivity index (χ2v) is 6.83. The number of methoxy groups -OCH3 is 1. The van der Waals surface area contributed by atoms with Crippen molar-refractivity contribution in [1.82, 2.24) is 10.2 Å². The largest absolute Gasteiger partial charge is 0.497 e. The molecule has 0 bridgehead atoms. The van der Waals surface area contributed by atoms with Crippen molar-refractivity contribution >= 4 is 11.8 Å². The van der Waals surface area contributed by atoms with Crippen LogP contribution in [0.3, 0.4) is 0 Å². The number of rotatable bonds is 11. The van der Waals surface area contributed by atoms with Crippen molar-refractivity contribution in [1.29, 1.82) is 0 Å². The number of nitrogens with zero attached hydrogens (tertiary/aromatic N) is 1. The van der Waals surface area contributed by atoms with Crippen LogP contribution in [0.4, 0.5) is 4.39 Å². The minimum absolute atomic E-state index is 0.184. The molecular weight excluding hydrogens is 387 g/mol. The minimum atomic E-state index is -0.645.